The zero-order chi connectivity index (χ0) is 15.3. The molecule has 2 atom stereocenters. The number of benzene rings is 2. The molecule has 0 aromatic heterocycles. The van der Waals surface area contributed by atoms with E-state index in [1.807, 2.05) is 19.1 Å². The predicted octanol–water partition coefficient (Wildman–Crippen LogP) is 4.82. The van der Waals surface area contributed by atoms with Gasteiger partial charge in [-0.25, -0.2) is 8.78 Å². The molecule has 0 saturated heterocycles. The van der Waals surface area contributed by atoms with Gasteiger partial charge in [0.15, 0.2) is 0 Å². The summed E-state index contributed by atoms with van der Waals surface area (Å²) in [6, 6.07) is 11.9. The Bertz CT molecular complexity index is 759. The van der Waals surface area contributed by atoms with Crippen LogP contribution in [0, 0.1) is 11.6 Å². The van der Waals surface area contributed by atoms with Crippen molar-refractivity contribution in [3.8, 4) is 0 Å². The quantitative estimate of drug-likeness (QED) is 0.733. The molecule has 0 saturated carbocycles. The summed E-state index contributed by atoms with van der Waals surface area (Å²) in [6.07, 6.45) is 1.68. The second-order valence-electron chi connectivity index (χ2n) is 6.10. The molecule has 1 heterocycles. The Morgan fingerprint density at radius 1 is 1.00 bits per heavy atom. The minimum absolute atomic E-state index is 0.0138. The molecule has 112 valence electrons. The van der Waals surface area contributed by atoms with Gasteiger partial charge in [-0.05, 0) is 42.2 Å². The lowest BCUT2D eigenvalue weighted by atomic mass is 9.77. The second kappa shape index (κ2) is 4.94. The number of hydrogen-bond acceptors (Lipinski definition) is 1. The third kappa shape index (κ3) is 2.12. The van der Waals surface area contributed by atoms with Gasteiger partial charge in [0.25, 0.3) is 0 Å². The van der Waals surface area contributed by atoms with Crippen LogP contribution < -0.4 is 0 Å². The van der Waals surface area contributed by atoms with E-state index < -0.39 is 11.6 Å². The molecule has 2 unspecified atom stereocenters. The van der Waals surface area contributed by atoms with Gasteiger partial charge in [0, 0.05) is 24.0 Å². The summed E-state index contributed by atoms with van der Waals surface area (Å²) in [5, 5.41) is 0. The smallest absolute Gasteiger partial charge is 0.127 e. The summed E-state index contributed by atoms with van der Waals surface area (Å²) >= 11 is 0. The normalized spacial score (nSPS) is 23.0. The number of hydrogen-bond donors (Lipinski definition) is 0. The average molecular weight is 298 g/mol. The highest BCUT2D eigenvalue weighted by Gasteiger charge is 2.35. The van der Waals surface area contributed by atoms with Crippen molar-refractivity contribution < 1.29 is 13.5 Å². The minimum atomic E-state index is -0.525. The van der Waals surface area contributed by atoms with E-state index in [0.29, 0.717) is 5.56 Å². The monoisotopic (exact) mass is 298 g/mol. The molecule has 1 nitrogen and oxygen atoms in total. The first-order chi connectivity index (χ1) is 10.6. The van der Waals surface area contributed by atoms with Crippen molar-refractivity contribution in [1.29, 1.82) is 0 Å². The molecule has 0 spiro atoms. The van der Waals surface area contributed by atoms with Gasteiger partial charge in [-0.15, -0.1) is 0 Å². The first-order valence-electron chi connectivity index (χ1n) is 7.56. The van der Waals surface area contributed by atoms with Gasteiger partial charge in [-0.1, -0.05) is 24.3 Å². The Kier molecular flexibility index (Phi) is 3.03. The van der Waals surface area contributed by atoms with E-state index >= 15 is 0 Å². The van der Waals surface area contributed by atoms with Crippen molar-refractivity contribution in [2.45, 2.75) is 31.8 Å². The Morgan fingerprint density at radius 2 is 1.73 bits per heavy atom. The molecule has 2 aromatic rings. The Hall–Kier alpha value is -2.16. The van der Waals surface area contributed by atoms with E-state index in [-0.39, 0.29) is 12.0 Å². The fourth-order valence-electron chi connectivity index (χ4n) is 3.62. The van der Waals surface area contributed by atoms with E-state index in [1.54, 1.807) is 0 Å². The maximum Gasteiger partial charge on any atom is 0.127 e. The van der Waals surface area contributed by atoms with Crippen molar-refractivity contribution in [3.63, 3.8) is 0 Å². The summed E-state index contributed by atoms with van der Waals surface area (Å²) in [5.74, 6) is -0.157. The first kappa shape index (κ1) is 13.5. The molecule has 2 aliphatic rings. The Labute approximate surface area is 128 Å². The number of rotatable bonds is 1. The molecule has 1 aliphatic heterocycles. The molecular weight excluding hydrogens is 282 g/mol. The Morgan fingerprint density at radius 3 is 2.50 bits per heavy atom. The molecular formula is C19H16F2O. The molecule has 0 N–H and O–H groups in total. The number of fused-ring (bicyclic) bond motifs is 2. The maximum atomic E-state index is 13.6. The lowest BCUT2D eigenvalue weighted by molar-refractivity contribution is 0.210. The molecule has 0 amide bonds. The largest absolute Gasteiger partial charge is 0.490 e. The lowest BCUT2D eigenvalue weighted by Crippen LogP contribution is -2.13. The van der Waals surface area contributed by atoms with Crippen LogP contribution in [0.3, 0.4) is 0 Å². The van der Waals surface area contributed by atoms with Crippen molar-refractivity contribution in [3.05, 3.63) is 76.4 Å². The van der Waals surface area contributed by atoms with Crippen LogP contribution in [0.4, 0.5) is 8.78 Å². The standard InChI is InChI=1S/C19H16F2O/c1-11-6-18-17(13-7-14(20)10-15(21)8-13)9-12-4-2-3-5-16(12)19(18)22-11/h2-5,7-8,10-11,17H,6,9H2,1H3. The van der Waals surface area contributed by atoms with Crippen LogP contribution >= 0.6 is 0 Å². The lowest BCUT2D eigenvalue weighted by Gasteiger charge is -2.26. The van der Waals surface area contributed by atoms with E-state index in [9.17, 15) is 8.78 Å². The number of ether oxygens (including phenoxy) is 1. The van der Waals surface area contributed by atoms with Gasteiger partial charge in [-0.2, -0.15) is 0 Å². The summed E-state index contributed by atoms with van der Waals surface area (Å²) in [4.78, 5) is 0. The van der Waals surface area contributed by atoms with Gasteiger partial charge in [0.05, 0.1) is 6.10 Å². The SMILES string of the molecule is CC1CC2=C(O1)c1ccccc1CC2c1cc(F)cc(F)c1. The molecule has 1 aliphatic carbocycles. The highest BCUT2D eigenvalue weighted by atomic mass is 19.1. The highest BCUT2D eigenvalue weighted by Crippen LogP contribution is 2.47. The van der Waals surface area contributed by atoms with Gasteiger partial charge in [0.2, 0.25) is 0 Å². The van der Waals surface area contributed by atoms with Crippen LogP contribution in [0.2, 0.25) is 0 Å². The fraction of sp³-hybridized carbons (Fsp3) is 0.263. The third-order valence-electron chi connectivity index (χ3n) is 4.51. The summed E-state index contributed by atoms with van der Waals surface area (Å²) in [7, 11) is 0. The highest BCUT2D eigenvalue weighted by molar-refractivity contribution is 5.72. The van der Waals surface area contributed by atoms with Crippen LogP contribution in [0.25, 0.3) is 5.76 Å². The van der Waals surface area contributed by atoms with Crippen molar-refractivity contribution in [2.24, 2.45) is 0 Å². The predicted molar refractivity (Wildman–Crippen MR) is 81.3 cm³/mol. The molecule has 22 heavy (non-hydrogen) atoms. The van der Waals surface area contributed by atoms with E-state index in [0.717, 1.165) is 35.8 Å². The van der Waals surface area contributed by atoms with E-state index in [4.69, 9.17) is 4.74 Å². The third-order valence-corrected chi connectivity index (χ3v) is 4.51. The maximum absolute atomic E-state index is 13.6. The minimum Gasteiger partial charge on any atom is -0.490 e. The number of halogens is 2. The molecule has 0 radical (unpaired) electrons. The summed E-state index contributed by atoms with van der Waals surface area (Å²) in [5.41, 5.74) is 4.15. The topological polar surface area (TPSA) is 9.23 Å². The molecule has 2 aromatic carbocycles. The second-order valence-corrected chi connectivity index (χ2v) is 6.10. The summed E-state index contributed by atoms with van der Waals surface area (Å²) in [6.45, 7) is 2.03. The van der Waals surface area contributed by atoms with E-state index in [1.165, 1.54) is 17.7 Å². The molecule has 0 fully saturated rings. The van der Waals surface area contributed by atoms with Crippen LogP contribution in [-0.2, 0) is 11.2 Å². The van der Waals surface area contributed by atoms with E-state index in [2.05, 4.69) is 12.1 Å². The van der Waals surface area contributed by atoms with Gasteiger partial charge < -0.3 is 4.74 Å². The first-order valence-corrected chi connectivity index (χ1v) is 7.56. The fourth-order valence-corrected chi connectivity index (χ4v) is 3.62. The van der Waals surface area contributed by atoms with Gasteiger partial charge >= 0.3 is 0 Å². The van der Waals surface area contributed by atoms with Crippen LogP contribution in [0.1, 0.15) is 36.0 Å². The molecule has 4 rings (SSSR count). The Balaban J connectivity index is 1.86. The zero-order valence-corrected chi connectivity index (χ0v) is 12.3. The zero-order valence-electron chi connectivity index (χ0n) is 12.3. The van der Waals surface area contributed by atoms with Crippen LogP contribution in [0.15, 0.2) is 48.0 Å². The average Bonchev–Trinajstić information content (AvgIpc) is 2.87. The molecule has 0 bridgehead atoms. The van der Waals surface area contributed by atoms with Crippen LogP contribution in [0.5, 0.6) is 0 Å². The molecule has 3 heteroatoms. The van der Waals surface area contributed by atoms with Crippen molar-refractivity contribution in [2.75, 3.05) is 0 Å². The van der Waals surface area contributed by atoms with Crippen LogP contribution in [-0.4, -0.2) is 6.10 Å². The van der Waals surface area contributed by atoms with Gasteiger partial charge in [0.1, 0.15) is 17.4 Å². The van der Waals surface area contributed by atoms with Crippen molar-refractivity contribution >= 4 is 5.76 Å². The summed E-state index contributed by atoms with van der Waals surface area (Å²) < 4.78 is 33.2. The van der Waals surface area contributed by atoms with Crippen molar-refractivity contribution in [1.82, 2.24) is 0 Å². The van der Waals surface area contributed by atoms with Gasteiger partial charge in [-0.3, -0.25) is 0 Å².